The molecule has 0 aliphatic carbocycles. The van der Waals surface area contributed by atoms with Crippen LogP contribution in [0.2, 0.25) is 0 Å². The van der Waals surface area contributed by atoms with Crippen molar-refractivity contribution in [2.24, 2.45) is 0 Å². The second kappa shape index (κ2) is 8.80. The van der Waals surface area contributed by atoms with Gasteiger partial charge in [0.05, 0.1) is 30.2 Å². The number of hydrogen-bond acceptors (Lipinski definition) is 6. The lowest BCUT2D eigenvalue weighted by Crippen LogP contribution is -2.23. The van der Waals surface area contributed by atoms with Gasteiger partial charge in [0.25, 0.3) is 0 Å². The molecule has 0 unspecified atom stereocenters. The van der Waals surface area contributed by atoms with Gasteiger partial charge in [-0.05, 0) is 30.7 Å². The molecule has 0 spiro atoms. The van der Waals surface area contributed by atoms with Crippen molar-refractivity contribution >= 4 is 11.3 Å². The number of pyridine rings is 2. The number of rotatable bonds is 8. The van der Waals surface area contributed by atoms with Gasteiger partial charge in [-0.25, -0.2) is 4.98 Å². The van der Waals surface area contributed by atoms with Crippen molar-refractivity contribution in [3.63, 3.8) is 0 Å². The first-order valence-electron chi connectivity index (χ1n) is 8.38. The summed E-state index contributed by atoms with van der Waals surface area (Å²) in [5.74, 6) is 0. The third-order valence-corrected chi connectivity index (χ3v) is 4.63. The molecule has 3 heterocycles. The van der Waals surface area contributed by atoms with Crippen molar-refractivity contribution in [3.05, 3.63) is 75.8 Å². The second-order valence-electron chi connectivity index (χ2n) is 5.82. The van der Waals surface area contributed by atoms with Gasteiger partial charge in [-0.1, -0.05) is 19.1 Å². The van der Waals surface area contributed by atoms with Gasteiger partial charge in [-0.15, -0.1) is 11.3 Å². The lowest BCUT2D eigenvalue weighted by Gasteiger charge is -2.21. The van der Waals surface area contributed by atoms with Gasteiger partial charge >= 0.3 is 0 Å². The maximum atomic E-state index is 9.30. The van der Waals surface area contributed by atoms with Gasteiger partial charge in [-0.2, -0.15) is 0 Å². The van der Waals surface area contributed by atoms with Crippen LogP contribution in [-0.4, -0.2) is 25.0 Å². The molecule has 3 aromatic rings. The average molecular weight is 354 g/mol. The Morgan fingerprint density at radius 2 is 1.56 bits per heavy atom. The van der Waals surface area contributed by atoms with Crippen molar-refractivity contribution in [2.45, 2.75) is 39.6 Å². The zero-order valence-electron chi connectivity index (χ0n) is 14.3. The number of aliphatic hydroxyl groups is 1. The van der Waals surface area contributed by atoms with Gasteiger partial charge in [0.2, 0.25) is 0 Å². The molecule has 0 atom stereocenters. The van der Waals surface area contributed by atoms with E-state index in [1.54, 1.807) is 11.3 Å². The van der Waals surface area contributed by atoms with Gasteiger partial charge < -0.3 is 5.11 Å². The number of hydrogen-bond donors (Lipinski definition) is 1. The van der Waals surface area contributed by atoms with E-state index in [2.05, 4.69) is 40.0 Å². The number of thiazole rings is 1. The quantitative estimate of drug-likeness (QED) is 0.673. The summed E-state index contributed by atoms with van der Waals surface area (Å²) >= 11 is 1.65. The highest BCUT2D eigenvalue weighted by Gasteiger charge is 2.12. The first-order chi connectivity index (χ1) is 12.3. The SMILES string of the molecule is CCc1cccc(CN(Cc2cccc(CO)n2)Cc2nccs2)n1. The number of aromatic nitrogens is 3. The molecule has 3 rings (SSSR count). The highest BCUT2D eigenvalue weighted by Crippen LogP contribution is 2.15. The number of aliphatic hydroxyl groups excluding tert-OH is 1. The third-order valence-electron chi connectivity index (χ3n) is 3.87. The molecular weight excluding hydrogens is 332 g/mol. The highest BCUT2D eigenvalue weighted by atomic mass is 32.1. The molecule has 3 aromatic heterocycles. The fraction of sp³-hybridized carbons (Fsp3) is 0.316. The Morgan fingerprint density at radius 3 is 2.16 bits per heavy atom. The van der Waals surface area contributed by atoms with Crippen LogP contribution >= 0.6 is 11.3 Å². The maximum Gasteiger partial charge on any atom is 0.107 e. The molecular formula is C19H22N4OS. The summed E-state index contributed by atoms with van der Waals surface area (Å²) in [5.41, 5.74) is 3.79. The van der Waals surface area contributed by atoms with Gasteiger partial charge in [-0.3, -0.25) is 14.9 Å². The van der Waals surface area contributed by atoms with E-state index in [1.807, 2.05) is 29.8 Å². The molecule has 0 saturated carbocycles. The Kier molecular flexibility index (Phi) is 6.22. The molecule has 0 aromatic carbocycles. The van der Waals surface area contributed by atoms with Crippen molar-refractivity contribution in [3.8, 4) is 0 Å². The maximum absolute atomic E-state index is 9.30. The summed E-state index contributed by atoms with van der Waals surface area (Å²) in [5, 5.41) is 12.4. The largest absolute Gasteiger partial charge is 0.390 e. The van der Waals surface area contributed by atoms with E-state index in [9.17, 15) is 5.11 Å². The van der Waals surface area contributed by atoms with E-state index in [4.69, 9.17) is 4.98 Å². The predicted octanol–water partition coefficient (Wildman–Crippen LogP) is 3.19. The Hall–Kier alpha value is -2.15. The van der Waals surface area contributed by atoms with E-state index in [0.717, 1.165) is 41.6 Å². The molecule has 25 heavy (non-hydrogen) atoms. The van der Waals surface area contributed by atoms with Crippen LogP contribution in [0.1, 0.15) is 34.7 Å². The lowest BCUT2D eigenvalue weighted by molar-refractivity contribution is 0.239. The van der Waals surface area contributed by atoms with Crippen LogP contribution < -0.4 is 0 Å². The van der Waals surface area contributed by atoms with E-state index in [1.165, 1.54) is 0 Å². The number of nitrogens with zero attached hydrogens (tertiary/aromatic N) is 4. The molecule has 0 saturated heterocycles. The summed E-state index contributed by atoms with van der Waals surface area (Å²) in [4.78, 5) is 15.9. The predicted molar refractivity (Wildman–Crippen MR) is 98.8 cm³/mol. The smallest absolute Gasteiger partial charge is 0.107 e. The molecule has 0 aliphatic heterocycles. The van der Waals surface area contributed by atoms with E-state index in [0.29, 0.717) is 12.2 Å². The van der Waals surface area contributed by atoms with Crippen LogP contribution in [0, 0.1) is 0 Å². The summed E-state index contributed by atoms with van der Waals surface area (Å²) in [6.07, 6.45) is 2.76. The first kappa shape index (κ1) is 17.7. The van der Waals surface area contributed by atoms with Crippen LogP contribution in [0.4, 0.5) is 0 Å². The van der Waals surface area contributed by atoms with Crippen LogP contribution in [0.15, 0.2) is 48.0 Å². The molecule has 0 fully saturated rings. The zero-order chi connectivity index (χ0) is 17.5. The Morgan fingerprint density at radius 1 is 0.920 bits per heavy atom. The summed E-state index contributed by atoms with van der Waals surface area (Å²) in [6.45, 7) is 4.24. The lowest BCUT2D eigenvalue weighted by atomic mass is 10.2. The molecule has 0 aliphatic rings. The van der Waals surface area contributed by atoms with E-state index in [-0.39, 0.29) is 6.61 Å². The minimum atomic E-state index is -0.0412. The van der Waals surface area contributed by atoms with E-state index >= 15 is 0 Å². The molecule has 0 bridgehead atoms. The molecule has 1 N–H and O–H groups in total. The summed E-state index contributed by atoms with van der Waals surface area (Å²) < 4.78 is 0. The Balaban J connectivity index is 1.78. The molecule has 6 heteroatoms. The van der Waals surface area contributed by atoms with Gasteiger partial charge in [0.15, 0.2) is 0 Å². The molecule has 130 valence electrons. The first-order valence-corrected chi connectivity index (χ1v) is 9.26. The summed E-state index contributed by atoms with van der Waals surface area (Å²) in [7, 11) is 0. The summed E-state index contributed by atoms with van der Waals surface area (Å²) in [6, 6.07) is 11.9. The average Bonchev–Trinajstić information content (AvgIpc) is 3.15. The third kappa shape index (κ3) is 5.16. The van der Waals surface area contributed by atoms with E-state index < -0.39 is 0 Å². The molecule has 0 amide bonds. The fourth-order valence-corrected chi connectivity index (χ4v) is 3.33. The number of aryl methyl sites for hydroxylation is 1. The minimum absolute atomic E-state index is 0.0412. The van der Waals surface area contributed by atoms with Crippen molar-refractivity contribution < 1.29 is 5.11 Å². The zero-order valence-corrected chi connectivity index (χ0v) is 15.1. The topological polar surface area (TPSA) is 62.1 Å². The highest BCUT2D eigenvalue weighted by molar-refractivity contribution is 7.09. The van der Waals surface area contributed by atoms with Crippen molar-refractivity contribution in [1.29, 1.82) is 0 Å². The van der Waals surface area contributed by atoms with Crippen molar-refractivity contribution in [1.82, 2.24) is 19.9 Å². The normalized spacial score (nSPS) is 11.2. The van der Waals surface area contributed by atoms with Crippen molar-refractivity contribution in [2.75, 3.05) is 0 Å². The van der Waals surface area contributed by atoms with Crippen LogP contribution in [0.25, 0.3) is 0 Å². The monoisotopic (exact) mass is 354 g/mol. The molecule has 0 radical (unpaired) electrons. The van der Waals surface area contributed by atoms with Gasteiger partial charge in [0.1, 0.15) is 5.01 Å². The standard InChI is InChI=1S/C19H22N4OS/c1-2-15-5-3-6-16(21-15)11-23(13-19-20-9-10-25-19)12-17-7-4-8-18(14-24)22-17/h3-10,24H,2,11-14H2,1H3. The second-order valence-corrected chi connectivity index (χ2v) is 6.80. The molecule has 5 nitrogen and oxygen atoms in total. The van der Waals surface area contributed by atoms with Crippen LogP contribution in [0.5, 0.6) is 0 Å². The Bertz CT molecular complexity index is 742. The minimum Gasteiger partial charge on any atom is -0.390 e. The van der Waals surface area contributed by atoms with Gasteiger partial charge in [0, 0.05) is 30.4 Å². The van der Waals surface area contributed by atoms with Crippen LogP contribution in [-0.2, 0) is 32.7 Å². The van der Waals surface area contributed by atoms with Crippen LogP contribution in [0.3, 0.4) is 0 Å². The Labute approximate surface area is 152 Å². The fourth-order valence-electron chi connectivity index (χ4n) is 2.67.